The van der Waals surface area contributed by atoms with E-state index in [4.69, 9.17) is 24.7 Å². The number of hydrogen-bond acceptors (Lipinski definition) is 6. The molecule has 0 amide bonds. The van der Waals surface area contributed by atoms with Crippen LogP contribution in [-0.4, -0.2) is 59.4 Å². The predicted molar refractivity (Wildman–Crippen MR) is 145 cm³/mol. The second-order valence-corrected chi connectivity index (χ2v) is 39.4. The number of hydrogen-bond donors (Lipinski definition) is 0. The van der Waals surface area contributed by atoms with E-state index in [0.717, 1.165) is 6.04 Å². The van der Waals surface area contributed by atoms with E-state index in [1.807, 2.05) is 0 Å². The Hall–Kier alpha value is 1.28. The molecule has 0 aromatic rings. The molecule has 6 nitrogen and oxygen atoms in total. The highest BCUT2D eigenvalue weighted by atomic mass is 28.5. The summed E-state index contributed by atoms with van der Waals surface area (Å²) in [4.78, 5) is 0. The van der Waals surface area contributed by atoms with Crippen molar-refractivity contribution in [1.29, 1.82) is 0 Å². The smallest absolute Gasteiger partial charge is 0.317 e. The Morgan fingerprint density at radius 3 is 0.800 bits per heavy atom. The maximum atomic E-state index is 6.72. The molecule has 0 aromatic carbocycles. The molecule has 0 unspecified atom stereocenters. The Bertz CT molecular complexity index is 512. The minimum atomic E-state index is -2.48. The van der Waals surface area contributed by atoms with Gasteiger partial charge in [0.25, 0.3) is 0 Å². The summed E-state index contributed by atoms with van der Waals surface area (Å²) in [6.07, 6.45) is 0. The summed E-state index contributed by atoms with van der Waals surface area (Å²) in [5, 5.41) is 0. The Labute approximate surface area is 194 Å². The van der Waals surface area contributed by atoms with Gasteiger partial charge in [-0.15, -0.1) is 0 Å². The minimum absolute atomic E-state index is 0.848. The Morgan fingerprint density at radius 1 is 0.367 bits per heavy atom. The zero-order valence-electron chi connectivity index (χ0n) is 22.7. The molecule has 182 valence electrons. The molecule has 0 spiro atoms. The molecule has 0 rings (SSSR count). The standard InChI is InChI=1S/C17H50O6Si7/c1-17-30(16,22-28(12,13)20-26(8,9)18-24(2,3)4)23-29(14,15)21-27(10,11)19-25(5,6)7/h17H2,1-16H3. The zero-order chi connectivity index (χ0) is 24.4. The van der Waals surface area contributed by atoms with Crippen molar-refractivity contribution in [1.82, 2.24) is 0 Å². The van der Waals surface area contributed by atoms with Gasteiger partial charge >= 0.3 is 42.8 Å². The lowest BCUT2D eigenvalue weighted by molar-refractivity contribution is 0.268. The molecular weight excluding hydrogens is 497 g/mol. The molecule has 0 saturated heterocycles. The highest BCUT2D eigenvalue weighted by Gasteiger charge is 2.49. The maximum Gasteiger partial charge on any atom is 0.317 e. The lowest BCUT2D eigenvalue weighted by Gasteiger charge is -2.44. The maximum absolute atomic E-state index is 6.72. The number of rotatable bonds is 13. The molecule has 0 bridgehead atoms. The molecule has 0 aliphatic rings. The third-order valence-electron chi connectivity index (χ3n) is 3.65. The van der Waals surface area contributed by atoms with Crippen molar-refractivity contribution in [2.24, 2.45) is 0 Å². The Kier molecular flexibility index (Phi) is 10.7. The molecule has 0 atom stereocenters. The first-order valence-corrected chi connectivity index (χ1v) is 31.6. The van der Waals surface area contributed by atoms with Gasteiger partial charge < -0.3 is 24.7 Å². The van der Waals surface area contributed by atoms with Gasteiger partial charge in [0.1, 0.15) is 0 Å². The molecule has 0 N–H and O–H groups in total. The summed E-state index contributed by atoms with van der Waals surface area (Å²) in [6.45, 7) is 34.4. The van der Waals surface area contributed by atoms with Crippen LogP contribution in [0.15, 0.2) is 0 Å². The monoisotopic (exact) mass is 546 g/mol. The van der Waals surface area contributed by atoms with E-state index in [1.54, 1.807) is 0 Å². The van der Waals surface area contributed by atoms with Gasteiger partial charge in [-0.1, -0.05) is 6.92 Å². The van der Waals surface area contributed by atoms with E-state index < -0.39 is 59.4 Å². The van der Waals surface area contributed by atoms with Crippen molar-refractivity contribution in [2.75, 3.05) is 0 Å². The van der Waals surface area contributed by atoms with E-state index >= 15 is 0 Å². The summed E-state index contributed by atoms with van der Waals surface area (Å²) in [5.41, 5.74) is 0. The third-order valence-corrected chi connectivity index (χ3v) is 29.0. The van der Waals surface area contributed by atoms with Crippen LogP contribution in [0.25, 0.3) is 0 Å². The summed E-state index contributed by atoms with van der Waals surface area (Å²) >= 11 is 0. The lowest BCUT2D eigenvalue weighted by atomic mass is 11.0. The van der Waals surface area contributed by atoms with Crippen LogP contribution >= 0.6 is 0 Å². The zero-order valence-corrected chi connectivity index (χ0v) is 29.7. The average Bonchev–Trinajstić information content (AvgIpc) is 2.26. The minimum Gasteiger partial charge on any atom is -0.437 e. The van der Waals surface area contributed by atoms with Gasteiger partial charge in [-0.25, -0.2) is 0 Å². The normalized spacial score (nSPS) is 15.6. The molecule has 0 aliphatic carbocycles. The van der Waals surface area contributed by atoms with E-state index in [9.17, 15) is 0 Å². The van der Waals surface area contributed by atoms with Crippen LogP contribution in [0.4, 0.5) is 0 Å². The van der Waals surface area contributed by atoms with E-state index in [-0.39, 0.29) is 0 Å². The second kappa shape index (κ2) is 10.3. The molecule has 30 heavy (non-hydrogen) atoms. The van der Waals surface area contributed by atoms with E-state index in [1.165, 1.54) is 0 Å². The SMILES string of the molecule is CC[Si](C)(O[Si](C)(C)O[Si](C)(C)O[Si](C)(C)C)O[Si](C)(C)O[Si](C)(C)O[Si](C)(C)C. The average molecular weight is 547 g/mol. The van der Waals surface area contributed by atoms with Gasteiger partial charge in [0.05, 0.1) is 0 Å². The van der Waals surface area contributed by atoms with Gasteiger partial charge in [-0.2, -0.15) is 0 Å². The molecule has 0 heterocycles. The van der Waals surface area contributed by atoms with Crippen molar-refractivity contribution >= 4 is 59.4 Å². The Balaban J connectivity index is 5.34. The summed E-state index contributed by atoms with van der Waals surface area (Å²) < 4.78 is 39.3. The van der Waals surface area contributed by atoms with Gasteiger partial charge in [-0.3, -0.25) is 0 Å². The van der Waals surface area contributed by atoms with Crippen molar-refractivity contribution in [3.05, 3.63) is 0 Å². The summed E-state index contributed by atoms with van der Waals surface area (Å²) in [5.74, 6) is 0. The van der Waals surface area contributed by atoms with Crippen LogP contribution < -0.4 is 0 Å². The molecule has 0 aliphatic heterocycles. The van der Waals surface area contributed by atoms with Gasteiger partial charge in [0, 0.05) is 0 Å². The fourth-order valence-electron chi connectivity index (χ4n) is 3.95. The van der Waals surface area contributed by atoms with Crippen LogP contribution in [0, 0.1) is 0 Å². The van der Waals surface area contributed by atoms with Crippen LogP contribution in [0.2, 0.25) is 104 Å². The molecule has 0 aromatic heterocycles. The van der Waals surface area contributed by atoms with Crippen molar-refractivity contribution in [2.45, 2.75) is 111 Å². The quantitative estimate of drug-likeness (QED) is 0.241. The highest BCUT2D eigenvalue weighted by Crippen LogP contribution is 2.30. The van der Waals surface area contributed by atoms with E-state index in [0.29, 0.717) is 0 Å². The van der Waals surface area contributed by atoms with Crippen molar-refractivity contribution in [3.63, 3.8) is 0 Å². The predicted octanol–water partition coefficient (Wildman–Crippen LogP) is 6.65. The molecule has 0 radical (unpaired) electrons. The van der Waals surface area contributed by atoms with Crippen LogP contribution in [0.1, 0.15) is 6.92 Å². The molecular formula is C17H50O6Si7. The highest BCUT2D eigenvalue weighted by molar-refractivity contribution is 6.92. The molecule has 13 heteroatoms. The first-order chi connectivity index (χ1) is 12.8. The largest absolute Gasteiger partial charge is 0.437 e. The van der Waals surface area contributed by atoms with Crippen molar-refractivity contribution < 1.29 is 24.7 Å². The van der Waals surface area contributed by atoms with Gasteiger partial charge in [0.2, 0.25) is 0 Å². The van der Waals surface area contributed by atoms with Crippen LogP contribution in [0.3, 0.4) is 0 Å². The lowest BCUT2D eigenvalue weighted by Crippen LogP contribution is -2.61. The second-order valence-electron chi connectivity index (χ2n) is 11.9. The summed E-state index contributed by atoms with van der Waals surface area (Å²) in [6, 6.07) is 0.848. The van der Waals surface area contributed by atoms with Crippen molar-refractivity contribution in [3.8, 4) is 0 Å². The fourth-order valence-corrected chi connectivity index (χ4v) is 37.4. The van der Waals surface area contributed by atoms with E-state index in [2.05, 4.69) is 105 Å². The molecule has 0 fully saturated rings. The van der Waals surface area contributed by atoms with Crippen LogP contribution in [-0.2, 0) is 24.7 Å². The molecule has 0 saturated carbocycles. The van der Waals surface area contributed by atoms with Gasteiger partial charge in [-0.05, 0) is 104 Å². The topological polar surface area (TPSA) is 55.4 Å². The van der Waals surface area contributed by atoms with Crippen LogP contribution in [0.5, 0.6) is 0 Å². The summed E-state index contributed by atoms with van der Waals surface area (Å²) in [7, 11) is -15.3. The third kappa shape index (κ3) is 14.4. The van der Waals surface area contributed by atoms with Gasteiger partial charge in [0.15, 0.2) is 16.6 Å². The fraction of sp³-hybridized carbons (Fsp3) is 1.00. The Morgan fingerprint density at radius 2 is 0.600 bits per heavy atom. The first kappa shape index (κ1) is 31.3. The first-order valence-electron chi connectivity index (χ1n) is 11.0.